The number of nitrogens with zero attached hydrogens (tertiary/aromatic N) is 2. The van der Waals surface area contributed by atoms with Crippen molar-refractivity contribution in [2.24, 2.45) is 0 Å². The Hall–Kier alpha value is -4.24. The molecule has 0 fully saturated rings. The normalized spacial score (nSPS) is 12.6. The van der Waals surface area contributed by atoms with E-state index in [0.29, 0.717) is 29.4 Å². The number of hydrogen-bond donors (Lipinski definition) is 1. The van der Waals surface area contributed by atoms with Gasteiger partial charge in [0, 0.05) is 18.1 Å². The molecule has 0 unspecified atom stereocenters. The molecule has 0 saturated carbocycles. The topological polar surface area (TPSA) is 86.5 Å². The van der Waals surface area contributed by atoms with E-state index in [4.69, 9.17) is 18.6 Å². The van der Waals surface area contributed by atoms with Crippen LogP contribution in [0.1, 0.15) is 64.1 Å². The second-order valence-electron chi connectivity index (χ2n) is 13.4. The highest BCUT2D eigenvalue weighted by Gasteiger charge is 2.39. The van der Waals surface area contributed by atoms with E-state index in [9.17, 15) is 4.79 Å². The molecule has 9 heteroatoms. The fraction of sp³-hybridized carbons (Fsp3) is 0.343. The average molecular weight is 616 g/mol. The molecule has 0 spiro atoms. The molecule has 44 heavy (non-hydrogen) atoms. The Labute approximate surface area is 260 Å². The molecule has 2 heterocycles. The summed E-state index contributed by atoms with van der Waals surface area (Å²) in [6, 6.07) is 16.6. The van der Waals surface area contributed by atoms with Gasteiger partial charge in [0.2, 0.25) is 0 Å². The molecule has 0 aliphatic heterocycles. The van der Waals surface area contributed by atoms with Crippen LogP contribution in [-0.2, 0) is 16.0 Å². The van der Waals surface area contributed by atoms with Crippen molar-refractivity contribution in [3.05, 3.63) is 101 Å². The second kappa shape index (κ2) is 12.8. The van der Waals surface area contributed by atoms with E-state index in [1.165, 1.54) is 12.5 Å². The summed E-state index contributed by atoms with van der Waals surface area (Å²) in [5.41, 5.74) is 2.64. The maximum absolute atomic E-state index is 16.0. The van der Waals surface area contributed by atoms with Crippen LogP contribution in [0.4, 0.5) is 10.2 Å². The molecule has 2 aromatic heterocycles. The van der Waals surface area contributed by atoms with Crippen LogP contribution in [-0.4, -0.2) is 29.9 Å². The molecule has 7 nitrogen and oxygen atoms in total. The number of anilines is 1. The summed E-state index contributed by atoms with van der Waals surface area (Å²) in [5.74, 6) is -0.0625. The molecule has 0 aliphatic carbocycles. The zero-order valence-corrected chi connectivity index (χ0v) is 28.0. The number of benzene rings is 2. The van der Waals surface area contributed by atoms with E-state index >= 15 is 4.39 Å². The molecule has 0 amide bonds. The predicted molar refractivity (Wildman–Crippen MR) is 175 cm³/mol. The predicted octanol–water partition coefficient (Wildman–Crippen LogP) is 8.95. The highest BCUT2D eigenvalue weighted by atomic mass is 28.4. The van der Waals surface area contributed by atoms with Gasteiger partial charge in [-0.3, -0.25) is 0 Å². The van der Waals surface area contributed by atoms with Crippen molar-refractivity contribution in [1.29, 1.82) is 0 Å². The highest BCUT2D eigenvalue weighted by molar-refractivity contribution is 6.74. The SMILES string of the molecule is Cc1cccc(Cc2nc(-c3cccc(O[Si](C)(C)C(C)(C)C)c3F)cnc2NC(=Cc2ccco2)C(=O)OC(C)(C)C)c1. The molecular formula is C35H42FN3O4Si. The molecule has 2 aromatic carbocycles. The molecule has 0 atom stereocenters. The Bertz CT molecular complexity index is 1650. The van der Waals surface area contributed by atoms with E-state index in [2.05, 4.69) is 50.2 Å². The van der Waals surface area contributed by atoms with E-state index in [1.807, 2.05) is 25.1 Å². The number of rotatable bonds is 9. The van der Waals surface area contributed by atoms with Crippen LogP contribution in [0, 0.1) is 12.7 Å². The van der Waals surface area contributed by atoms with Gasteiger partial charge >= 0.3 is 5.97 Å². The fourth-order valence-electron chi connectivity index (χ4n) is 4.14. The fourth-order valence-corrected chi connectivity index (χ4v) is 5.15. The summed E-state index contributed by atoms with van der Waals surface area (Å²) in [6.45, 7) is 17.9. The third-order valence-electron chi connectivity index (χ3n) is 7.41. The number of aromatic nitrogens is 2. The summed E-state index contributed by atoms with van der Waals surface area (Å²) < 4.78 is 33.5. The lowest BCUT2D eigenvalue weighted by Gasteiger charge is -2.36. The van der Waals surface area contributed by atoms with Gasteiger partial charge in [0.25, 0.3) is 8.32 Å². The average Bonchev–Trinajstić information content (AvgIpc) is 3.42. The Balaban J connectivity index is 1.79. The number of ether oxygens (including phenoxy) is 1. The number of carbonyl (C=O) groups excluding carboxylic acids is 1. The van der Waals surface area contributed by atoms with Crippen molar-refractivity contribution in [2.75, 3.05) is 5.32 Å². The van der Waals surface area contributed by atoms with Gasteiger partial charge in [-0.1, -0.05) is 56.7 Å². The van der Waals surface area contributed by atoms with Gasteiger partial charge in [0.15, 0.2) is 11.6 Å². The van der Waals surface area contributed by atoms with E-state index in [0.717, 1.165) is 11.1 Å². The van der Waals surface area contributed by atoms with Crippen molar-refractivity contribution in [3.8, 4) is 17.0 Å². The first-order valence-corrected chi connectivity index (χ1v) is 17.6. The number of aryl methyl sites for hydroxylation is 1. The third kappa shape index (κ3) is 8.22. The molecule has 1 N–H and O–H groups in total. The molecule has 4 aromatic rings. The number of furan rings is 1. The number of esters is 1. The van der Waals surface area contributed by atoms with Crippen LogP contribution in [0.25, 0.3) is 17.3 Å². The molecule has 232 valence electrons. The first-order chi connectivity index (χ1) is 20.5. The summed E-state index contributed by atoms with van der Waals surface area (Å²) in [5, 5.41) is 3.04. The minimum absolute atomic E-state index is 0.0986. The largest absolute Gasteiger partial charge is 0.542 e. The molecule has 0 bridgehead atoms. The minimum atomic E-state index is -2.29. The smallest absolute Gasteiger partial charge is 0.355 e. The van der Waals surface area contributed by atoms with E-state index in [1.54, 1.807) is 57.2 Å². The Kier molecular flexibility index (Phi) is 9.49. The number of hydrogen-bond acceptors (Lipinski definition) is 7. The zero-order valence-electron chi connectivity index (χ0n) is 27.0. The maximum Gasteiger partial charge on any atom is 0.355 e. The first kappa shape index (κ1) is 32.7. The van der Waals surface area contributed by atoms with Gasteiger partial charge in [0.05, 0.1) is 23.8 Å². The Morgan fingerprint density at radius 2 is 1.77 bits per heavy atom. The zero-order chi connectivity index (χ0) is 32.3. The maximum atomic E-state index is 16.0. The number of nitrogens with one attached hydrogen (secondary N) is 1. The second-order valence-corrected chi connectivity index (χ2v) is 18.1. The van der Waals surface area contributed by atoms with Crippen LogP contribution in [0.3, 0.4) is 0 Å². The van der Waals surface area contributed by atoms with Crippen molar-refractivity contribution in [3.63, 3.8) is 0 Å². The summed E-state index contributed by atoms with van der Waals surface area (Å²) in [6.07, 6.45) is 4.96. The molecule has 0 radical (unpaired) electrons. The van der Waals surface area contributed by atoms with Crippen LogP contribution in [0.5, 0.6) is 5.75 Å². The van der Waals surface area contributed by atoms with Gasteiger partial charge in [-0.25, -0.2) is 19.2 Å². The lowest BCUT2D eigenvalue weighted by Crippen LogP contribution is -2.44. The Morgan fingerprint density at radius 1 is 1.05 bits per heavy atom. The standard InChI is InChI=1S/C35H42FN3O4Si/c1-23-13-10-14-24(19-23)20-27-32(39-28(21-25-15-12-18-41-25)33(40)42-34(2,3)4)37-22-29(38-27)26-16-11-17-30(31(26)36)43-44(8,9)35(5,6)7/h10-19,21-22H,20H2,1-9H3,(H,37,39). The van der Waals surface area contributed by atoms with Gasteiger partial charge in [-0.15, -0.1) is 0 Å². The molecular weight excluding hydrogens is 573 g/mol. The van der Waals surface area contributed by atoms with Gasteiger partial charge in [-0.05, 0) is 75.7 Å². The molecule has 0 saturated heterocycles. The van der Waals surface area contributed by atoms with Gasteiger partial charge in [0.1, 0.15) is 22.8 Å². The van der Waals surface area contributed by atoms with Crippen LogP contribution in [0.15, 0.2) is 77.2 Å². The van der Waals surface area contributed by atoms with Crippen LogP contribution >= 0.6 is 0 Å². The van der Waals surface area contributed by atoms with Crippen molar-refractivity contribution in [2.45, 2.75) is 78.6 Å². The summed E-state index contributed by atoms with van der Waals surface area (Å²) in [4.78, 5) is 22.8. The summed E-state index contributed by atoms with van der Waals surface area (Å²) >= 11 is 0. The molecule has 0 aliphatic rings. The first-order valence-electron chi connectivity index (χ1n) is 14.7. The monoisotopic (exact) mass is 615 g/mol. The highest BCUT2D eigenvalue weighted by Crippen LogP contribution is 2.39. The summed E-state index contributed by atoms with van der Waals surface area (Å²) in [7, 11) is -2.29. The number of carbonyl (C=O) groups is 1. The van der Waals surface area contributed by atoms with Gasteiger partial charge in [-0.2, -0.15) is 0 Å². The van der Waals surface area contributed by atoms with Crippen LogP contribution < -0.4 is 9.74 Å². The Morgan fingerprint density at radius 3 is 2.41 bits per heavy atom. The lowest BCUT2D eigenvalue weighted by molar-refractivity contribution is -0.149. The lowest BCUT2D eigenvalue weighted by atomic mass is 10.1. The van der Waals surface area contributed by atoms with Crippen LogP contribution in [0.2, 0.25) is 18.1 Å². The third-order valence-corrected chi connectivity index (χ3v) is 11.8. The van der Waals surface area contributed by atoms with Crippen molar-refractivity contribution >= 4 is 26.2 Å². The quantitative estimate of drug-likeness (QED) is 0.114. The number of halogens is 1. The van der Waals surface area contributed by atoms with Crippen molar-refractivity contribution < 1.29 is 22.8 Å². The van der Waals surface area contributed by atoms with Gasteiger partial charge < -0.3 is 18.9 Å². The van der Waals surface area contributed by atoms with Crippen molar-refractivity contribution in [1.82, 2.24) is 9.97 Å². The van der Waals surface area contributed by atoms with E-state index in [-0.39, 0.29) is 22.0 Å². The minimum Gasteiger partial charge on any atom is -0.542 e. The molecule has 4 rings (SSSR count). The van der Waals surface area contributed by atoms with E-state index < -0.39 is 25.7 Å².